The number of imidazole rings is 1. The zero-order chi connectivity index (χ0) is 20.0. The van der Waals surface area contributed by atoms with Crippen LogP contribution in [0.25, 0.3) is 16.9 Å². The third-order valence-electron chi connectivity index (χ3n) is 4.46. The number of aryl methyl sites for hydroxylation is 2. The molecule has 0 atom stereocenters. The van der Waals surface area contributed by atoms with Crippen LogP contribution in [0.4, 0.5) is 0 Å². The lowest BCUT2D eigenvalue weighted by atomic mass is 10.2. The van der Waals surface area contributed by atoms with Crippen molar-refractivity contribution in [2.24, 2.45) is 0 Å². The van der Waals surface area contributed by atoms with Crippen LogP contribution < -0.4 is 0 Å². The fourth-order valence-corrected chi connectivity index (χ4v) is 4.21. The van der Waals surface area contributed by atoms with E-state index in [-0.39, 0.29) is 5.91 Å². The molecule has 0 saturated heterocycles. The van der Waals surface area contributed by atoms with Gasteiger partial charge in [-0.1, -0.05) is 59.9 Å². The molecule has 0 aliphatic heterocycles. The van der Waals surface area contributed by atoms with Gasteiger partial charge in [-0.3, -0.25) is 9.36 Å². The topological polar surface area (TPSA) is 52.7 Å². The lowest BCUT2D eigenvalue weighted by Crippen LogP contribution is -2.15. The molecule has 4 rings (SSSR count). The Balaban J connectivity index is 2.00. The van der Waals surface area contributed by atoms with Gasteiger partial charge in [0.15, 0.2) is 5.65 Å². The SMILES string of the molecule is CCc1nc2c(c(C)nn2-c2c(Cl)cc(Cl)cc2Cl)n1C(=O)c1ccccc1. The molecular weight excluding hydrogens is 419 g/mol. The van der Waals surface area contributed by atoms with Crippen molar-refractivity contribution in [2.75, 3.05) is 0 Å². The molecule has 0 saturated carbocycles. The van der Waals surface area contributed by atoms with Crippen molar-refractivity contribution in [1.29, 1.82) is 0 Å². The van der Waals surface area contributed by atoms with Crippen LogP contribution in [-0.2, 0) is 6.42 Å². The summed E-state index contributed by atoms with van der Waals surface area (Å²) in [5, 5.41) is 5.68. The van der Waals surface area contributed by atoms with E-state index < -0.39 is 0 Å². The summed E-state index contributed by atoms with van der Waals surface area (Å²) in [6.45, 7) is 3.78. The number of benzene rings is 2. The molecule has 0 unspecified atom stereocenters. The van der Waals surface area contributed by atoms with E-state index >= 15 is 0 Å². The number of nitrogens with zero attached hydrogens (tertiary/aromatic N) is 4. The molecule has 0 spiro atoms. The molecule has 2 aromatic heterocycles. The smallest absolute Gasteiger partial charge is 0.263 e. The lowest BCUT2D eigenvalue weighted by molar-refractivity contribution is 0.0961. The summed E-state index contributed by atoms with van der Waals surface area (Å²) >= 11 is 18.8. The van der Waals surface area contributed by atoms with Crippen LogP contribution >= 0.6 is 34.8 Å². The highest BCUT2D eigenvalue weighted by Gasteiger charge is 2.25. The molecule has 2 aromatic carbocycles. The molecule has 28 heavy (non-hydrogen) atoms. The zero-order valence-corrected chi connectivity index (χ0v) is 17.3. The zero-order valence-electron chi connectivity index (χ0n) is 15.1. The van der Waals surface area contributed by atoms with E-state index in [0.29, 0.717) is 55.4 Å². The minimum atomic E-state index is -0.157. The van der Waals surface area contributed by atoms with Gasteiger partial charge in [-0.25, -0.2) is 9.67 Å². The van der Waals surface area contributed by atoms with Gasteiger partial charge in [0.1, 0.15) is 17.0 Å². The van der Waals surface area contributed by atoms with E-state index in [4.69, 9.17) is 34.8 Å². The van der Waals surface area contributed by atoms with Crippen molar-refractivity contribution in [2.45, 2.75) is 20.3 Å². The number of carbonyl (C=O) groups is 1. The first kappa shape index (κ1) is 19.0. The summed E-state index contributed by atoms with van der Waals surface area (Å²) in [5.41, 5.74) is 2.85. The van der Waals surface area contributed by atoms with Gasteiger partial charge in [0.05, 0.1) is 15.7 Å². The maximum absolute atomic E-state index is 13.2. The predicted molar refractivity (Wildman–Crippen MR) is 112 cm³/mol. The van der Waals surface area contributed by atoms with E-state index in [1.165, 1.54) is 0 Å². The number of hydrogen-bond acceptors (Lipinski definition) is 3. The first-order chi connectivity index (χ1) is 13.4. The van der Waals surface area contributed by atoms with E-state index in [2.05, 4.69) is 10.1 Å². The summed E-state index contributed by atoms with van der Waals surface area (Å²) in [6.07, 6.45) is 0.578. The fraction of sp³-hybridized carbons (Fsp3) is 0.150. The number of rotatable bonds is 3. The van der Waals surface area contributed by atoms with Gasteiger partial charge in [-0.2, -0.15) is 5.10 Å². The maximum atomic E-state index is 13.2. The highest BCUT2D eigenvalue weighted by Crippen LogP contribution is 2.34. The van der Waals surface area contributed by atoms with Crippen LogP contribution in [0.5, 0.6) is 0 Å². The number of fused-ring (bicyclic) bond motifs is 1. The van der Waals surface area contributed by atoms with Gasteiger partial charge in [-0.15, -0.1) is 0 Å². The quantitative estimate of drug-likeness (QED) is 0.414. The largest absolute Gasteiger partial charge is 0.268 e. The maximum Gasteiger partial charge on any atom is 0.263 e. The Morgan fingerprint density at radius 2 is 1.71 bits per heavy atom. The first-order valence-electron chi connectivity index (χ1n) is 8.64. The van der Waals surface area contributed by atoms with Crippen LogP contribution in [0.3, 0.4) is 0 Å². The Labute approximate surface area is 176 Å². The minimum absolute atomic E-state index is 0.157. The molecule has 0 aliphatic carbocycles. The Morgan fingerprint density at radius 3 is 2.32 bits per heavy atom. The standard InChI is InChI=1S/C20H15Cl3N4O/c1-3-16-24-19-17(26(16)20(28)12-7-5-4-6-8-12)11(2)25-27(19)18-14(22)9-13(21)10-15(18)23/h4-10H,3H2,1-2H3. The number of hydrogen-bond donors (Lipinski definition) is 0. The first-order valence-corrected chi connectivity index (χ1v) is 9.77. The molecule has 4 aromatic rings. The molecule has 0 radical (unpaired) electrons. The highest BCUT2D eigenvalue weighted by molar-refractivity contribution is 6.40. The van der Waals surface area contributed by atoms with Gasteiger partial charge < -0.3 is 0 Å². The summed E-state index contributed by atoms with van der Waals surface area (Å²) < 4.78 is 3.18. The lowest BCUT2D eigenvalue weighted by Gasteiger charge is -2.08. The van der Waals surface area contributed by atoms with Crippen LogP contribution in [-0.4, -0.2) is 25.2 Å². The molecule has 5 nitrogen and oxygen atoms in total. The van der Waals surface area contributed by atoms with Gasteiger partial charge in [-0.05, 0) is 31.2 Å². The molecule has 0 N–H and O–H groups in total. The van der Waals surface area contributed by atoms with Gasteiger partial charge >= 0.3 is 0 Å². The Bertz CT molecular complexity index is 1190. The number of carbonyl (C=O) groups excluding carboxylic acids is 1. The summed E-state index contributed by atoms with van der Waals surface area (Å²) in [4.78, 5) is 17.9. The highest BCUT2D eigenvalue weighted by atomic mass is 35.5. The average molecular weight is 434 g/mol. The molecule has 8 heteroatoms. The number of halogens is 3. The summed E-state index contributed by atoms with van der Waals surface area (Å²) in [5.74, 6) is 0.482. The van der Waals surface area contributed by atoms with Crippen molar-refractivity contribution in [1.82, 2.24) is 19.3 Å². The van der Waals surface area contributed by atoms with Crippen molar-refractivity contribution in [3.8, 4) is 5.69 Å². The molecule has 0 fully saturated rings. The molecule has 2 heterocycles. The Morgan fingerprint density at radius 1 is 1.07 bits per heavy atom. The third kappa shape index (κ3) is 3.00. The second-order valence-corrected chi connectivity index (χ2v) is 7.53. The molecular formula is C20H15Cl3N4O. The fourth-order valence-electron chi connectivity index (χ4n) is 3.23. The van der Waals surface area contributed by atoms with E-state index in [0.717, 1.165) is 0 Å². The number of aromatic nitrogens is 4. The monoisotopic (exact) mass is 432 g/mol. The minimum Gasteiger partial charge on any atom is -0.268 e. The van der Waals surface area contributed by atoms with Gasteiger partial charge in [0.25, 0.3) is 5.91 Å². The summed E-state index contributed by atoms with van der Waals surface area (Å²) in [7, 11) is 0. The van der Waals surface area contributed by atoms with E-state index in [9.17, 15) is 4.79 Å². The molecule has 0 aliphatic rings. The van der Waals surface area contributed by atoms with Crippen LogP contribution in [0, 0.1) is 6.92 Å². The third-order valence-corrected chi connectivity index (χ3v) is 5.25. The van der Waals surface area contributed by atoms with Crippen LogP contribution in [0.15, 0.2) is 42.5 Å². The van der Waals surface area contributed by atoms with Crippen LogP contribution in [0.1, 0.15) is 28.8 Å². The average Bonchev–Trinajstić information content (AvgIpc) is 3.19. The van der Waals surface area contributed by atoms with Crippen LogP contribution in [0.2, 0.25) is 15.1 Å². The van der Waals surface area contributed by atoms with Crippen molar-refractivity contribution in [3.05, 3.63) is 74.6 Å². The van der Waals surface area contributed by atoms with Gasteiger partial charge in [0, 0.05) is 17.0 Å². The molecule has 0 bridgehead atoms. The Hall–Kier alpha value is -2.34. The normalized spacial score (nSPS) is 11.3. The van der Waals surface area contributed by atoms with Gasteiger partial charge in [0.2, 0.25) is 0 Å². The van der Waals surface area contributed by atoms with E-state index in [1.807, 2.05) is 32.0 Å². The predicted octanol–water partition coefficient (Wildman–Crippen LogP) is 5.74. The van der Waals surface area contributed by atoms with Crippen molar-refractivity contribution < 1.29 is 4.79 Å². The molecule has 142 valence electrons. The second-order valence-electron chi connectivity index (χ2n) is 6.28. The van der Waals surface area contributed by atoms with Crippen molar-refractivity contribution >= 4 is 51.9 Å². The second kappa shape index (κ2) is 7.24. The Kier molecular flexibility index (Phi) is 4.91. The molecule has 0 amide bonds. The van der Waals surface area contributed by atoms with E-state index in [1.54, 1.807) is 33.5 Å². The van der Waals surface area contributed by atoms with Crippen molar-refractivity contribution in [3.63, 3.8) is 0 Å². The summed E-state index contributed by atoms with van der Waals surface area (Å²) in [6, 6.07) is 12.3.